The highest BCUT2D eigenvalue weighted by molar-refractivity contribution is 5.92. The number of ether oxygens (including phenoxy) is 1. The number of carbonyl (C=O) groups excluding carboxylic acids is 1. The van der Waals surface area contributed by atoms with Gasteiger partial charge < -0.3 is 15.4 Å². The van der Waals surface area contributed by atoms with Crippen molar-refractivity contribution in [2.24, 2.45) is 5.92 Å². The molecule has 1 amide bonds. The minimum atomic E-state index is 0.0719. The number of hydrogen-bond acceptors (Lipinski definition) is 3. The van der Waals surface area contributed by atoms with Gasteiger partial charge in [-0.25, -0.2) is 0 Å². The summed E-state index contributed by atoms with van der Waals surface area (Å²) in [7, 11) is 0. The monoisotopic (exact) mass is 338 g/mol. The van der Waals surface area contributed by atoms with E-state index < -0.39 is 0 Å². The third-order valence-corrected chi connectivity index (χ3v) is 4.51. The molecule has 0 bridgehead atoms. The van der Waals surface area contributed by atoms with Crippen molar-refractivity contribution >= 4 is 11.6 Å². The van der Waals surface area contributed by atoms with Crippen molar-refractivity contribution in [2.45, 2.75) is 25.7 Å². The van der Waals surface area contributed by atoms with Gasteiger partial charge in [-0.05, 0) is 62.1 Å². The second kappa shape index (κ2) is 9.23. The summed E-state index contributed by atoms with van der Waals surface area (Å²) in [6, 6.07) is 18.1. The third-order valence-electron chi connectivity index (χ3n) is 4.51. The van der Waals surface area contributed by atoms with Crippen molar-refractivity contribution in [3.8, 4) is 5.75 Å². The van der Waals surface area contributed by atoms with Gasteiger partial charge >= 0.3 is 0 Å². The van der Waals surface area contributed by atoms with Crippen LogP contribution in [0.5, 0.6) is 5.75 Å². The zero-order valence-corrected chi connectivity index (χ0v) is 14.5. The van der Waals surface area contributed by atoms with Gasteiger partial charge in [0.2, 0.25) is 5.91 Å². The van der Waals surface area contributed by atoms with Crippen LogP contribution in [0.15, 0.2) is 54.6 Å². The Morgan fingerprint density at radius 1 is 1.12 bits per heavy atom. The van der Waals surface area contributed by atoms with Gasteiger partial charge in [-0.3, -0.25) is 4.79 Å². The van der Waals surface area contributed by atoms with E-state index in [1.54, 1.807) is 0 Å². The highest BCUT2D eigenvalue weighted by Crippen LogP contribution is 2.18. The molecule has 0 aliphatic carbocycles. The molecule has 0 saturated carbocycles. The first-order valence-corrected chi connectivity index (χ1v) is 9.09. The van der Waals surface area contributed by atoms with Crippen LogP contribution in [0.1, 0.15) is 24.8 Å². The number of anilines is 1. The van der Waals surface area contributed by atoms with Gasteiger partial charge in [0, 0.05) is 12.2 Å². The molecule has 1 aliphatic heterocycles. The molecule has 1 saturated heterocycles. The number of nitrogens with one attached hydrogen (secondary N) is 2. The largest absolute Gasteiger partial charge is 0.494 e. The maximum absolute atomic E-state index is 12.2. The van der Waals surface area contributed by atoms with E-state index in [1.807, 2.05) is 30.3 Å². The second-order valence-electron chi connectivity index (χ2n) is 6.49. The fourth-order valence-electron chi connectivity index (χ4n) is 3.07. The number of rotatable bonds is 7. The molecule has 132 valence electrons. The number of aryl methyl sites for hydroxylation is 1. The van der Waals surface area contributed by atoms with E-state index in [0.29, 0.717) is 6.61 Å². The molecule has 1 aliphatic rings. The van der Waals surface area contributed by atoms with Crippen LogP contribution < -0.4 is 15.4 Å². The molecule has 1 unspecified atom stereocenters. The van der Waals surface area contributed by atoms with Crippen LogP contribution in [0, 0.1) is 5.92 Å². The van der Waals surface area contributed by atoms with E-state index in [1.165, 1.54) is 5.56 Å². The standard InChI is InChI=1S/C21H26N2O2/c24-21(18-9-4-14-22-16-18)23-19-10-12-20(13-11-19)25-15-5-8-17-6-2-1-3-7-17/h1-3,6-7,10-13,18,22H,4-5,8-9,14-16H2,(H,23,24). The first-order valence-electron chi connectivity index (χ1n) is 9.09. The molecule has 4 nitrogen and oxygen atoms in total. The summed E-state index contributed by atoms with van der Waals surface area (Å²) in [5.41, 5.74) is 2.16. The number of piperidine rings is 1. The summed E-state index contributed by atoms with van der Waals surface area (Å²) in [5, 5.41) is 6.26. The highest BCUT2D eigenvalue weighted by Gasteiger charge is 2.20. The number of carbonyl (C=O) groups is 1. The Labute approximate surface area is 149 Å². The van der Waals surface area contributed by atoms with Crippen molar-refractivity contribution < 1.29 is 9.53 Å². The first-order chi connectivity index (χ1) is 12.3. The van der Waals surface area contributed by atoms with E-state index in [2.05, 4.69) is 34.9 Å². The lowest BCUT2D eigenvalue weighted by Crippen LogP contribution is -2.37. The van der Waals surface area contributed by atoms with E-state index in [-0.39, 0.29) is 11.8 Å². The van der Waals surface area contributed by atoms with Gasteiger partial charge in [0.25, 0.3) is 0 Å². The lowest BCUT2D eigenvalue weighted by atomic mass is 9.99. The van der Waals surface area contributed by atoms with E-state index in [4.69, 9.17) is 4.74 Å². The molecule has 0 radical (unpaired) electrons. The van der Waals surface area contributed by atoms with Crippen LogP contribution in [0.25, 0.3) is 0 Å². The molecule has 2 N–H and O–H groups in total. The number of amides is 1. The summed E-state index contributed by atoms with van der Waals surface area (Å²) in [6.45, 7) is 2.48. The Hall–Kier alpha value is -2.33. The average molecular weight is 338 g/mol. The Bertz CT molecular complexity index is 649. The fourth-order valence-corrected chi connectivity index (χ4v) is 3.07. The highest BCUT2D eigenvalue weighted by atomic mass is 16.5. The molecule has 1 fully saturated rings. The van der Waals surface area contributed by atoms with Gasteiger partial charge in [-0.15, -0.1) is 0 Å². The summed E-state index contributed by atoms with van der Waals surface area (Å²) in [5.74, 6) is 1.01. The molecule has 2 aromatic carbocycles. The van der Waals surface area contributed by atoms with Crippen molar-refractivity contribution in [3.05, 3.63) is 60.2 Å². The quantitative estimate of drug-likeness (QED) is 0.758. The van der Waals surface area contributed by atoms with E-state index >= 15 is 0 Å². The van der Waals surface area contributed by atoms with Gasteiger partial charge in [-0.1, -0.05) is 30.3 Å². The molecule has 1 atom stereocenters. The van der Waals surface area contributed by atoms with Crippen molar-refractivity contribution in [3.63, 3.8) is 0 Å². The zero-order valence-electron chi connectivity index (χ0n) is 14.5. The van der Waals surface area contributed by atoms with Gasteiger partial charge in [-0.2, -0.15) is 0 Å². The number of benzene rings is 2. The summed E-state index contributed by atoms with van der Waals surface area (Å²) in [6.07, 6.45) is 4.02. The predicted octanol–water partition coefficient (Wildman–Crippen LogP) is 3.64. The fraction of sp³-hybridized carbons (Fsp3) is 0.381. The van der Waals surface area contributed by atoms with Crippen molar-refractivity contribution in [2.75, 3.05) is 25.0 Å². The summed E-state index contributed by atoms with van der Waals surface area (Å²) in [4.78, 5) is 12.2. The van der Waals surface area contributed by atoms with Crippen LogP contribution in [0.3, 0.4) is 0 Å². The molecular weight excluding hydrogens is 312 g/mol. The average Bonchev–Trinajstić information content (AvgIpc) is 2.68. The molecular formula is C21H26N2O2. The van der Waals surface area contributed by atoms with E-state index in [9.17, 15) is 4.79 Å². The Morgan fingerprint density at radius 3 is 2.64 bits per heavy atom. The lowest BCUT2D eigenvalue weighted by molar-refractivity contribution is -0.120. The van der Waals surface area contributed by atoms with Gasteiger partial charge in [0.15, 0.2) is 0 Å². The molecule has 2 aromatic rings. The molecule has 1 heterocycles. The molecule has 4 heteroatoms. The Morgan fingerprint density at radius 2 is 1.92 bits per heavy atom. The smallest absolute Gasteiger partial charge is 0.228 e. The first kappa shape index (κ1) is 17.5. The van der Waals surface area contributed by atoms with Gasteiger partial charge in [0.05, 0.1) is 12.5 Å². The van der Waals surface area contributed by atoms with Crippen LogP contribution in [-0.2, 0) is 11.2 Å². The Balaban J connectivity index is 1.40. The second-order valence-corrected chi connectivity index (χ2v) is 6.49. The van der Waals surface area contributed by atoms with E-state index in [0.717, 1.165) is 50.2 Å². The maximum Gasteiger partial charge on any atom is 0.228 e. The minimum absolute atomic E-state index is 0.0719. The van der Waals surface area contributed by atoms with Crippen molar-refractivity contribution in [1.82, 2.24) is 5.32 Å². The summed E-state index contributed by atoms with van der Waals surface area (Å²) >= 11 is 0. The summed E-state index contributed by atoms with van der Waals surface area (Å²) < 4.78 is 5.78. The SMILES string of the molecule is O=C(Nc1ccc(OCCCc2ccccc2)cc1)C1CCCNC1. The molecule has 0 aromatic heterocycles. The Kier molecular flexibility index (Phi) is 6.46. The number of hydrogen-bond donors (Lipinski definition) is 2. The molecule has 3 rings (SSSR count). The third kappa shape index (κ3) is 5.61. The van der Waals surface area contributed by atoms with Crippen molar-refractivity contribution in [1.29, 1.82) is 0 Å². The van der Waals surface area contributed by atoms with Crippen LogP contribution in [-0.4, -0.2) is 25.6 Å². The molecule has 0 spiro atoms. The lowest BCUT2D eigenvalue weighted by Gasteiger charge is -2.21. The van der Waals surface area contributed by atoms with Crippen LogP contribution in [0.2, 0.25) is 0 Å². The topological polar surface area (TPSA) is 50.4 Å². The normalized spacial score (nSPS) is 17.0. The van der Waals surface area contributed by atoms with Crippen LogP contribution in [0.4, 0.5) is 5.69 Å². The predicted molar refractivity (Wildman–Crippen MR) is 101 cm³/mol. The molecule has 25 heavy (non-hydrogen) atoms. The van der Waals surface area contributed by atoms with Gasteiger partial charge in [0.1, 0.15) is 5.75 Å². The zero-order chi connectivity index (χ0) is 17.3. The van der Waals surface area contributed by atoms with Crippen LogP contribution >= 0.6 is 0 Å². The minimum Gasteiger partial charge on any atom is -0.494 e. The maximum atomic E-state index is 12.2.